The van der Waals surface area contributed by atoms with E-state index < -0.39 is 86.8 Å². The van der Waals surface area contributed by atoms with E-state index in [2.05, 4.69) is 19.2 Å². The highest BCUT2D eigenvalue weighted by Crippen LogP contribution is 2.30. The Morgan fingerprint density at radius 1 is 0.507 bits per heavy atom. The van der Waals surface area contributed by atoms with E-state index in [1.165, 1.54) is 173 Å². The van der Waals surface area contributed by atoms with Crippen molar-refractivity contribution in [1.82, 2.24) is 5.32 Å². The summed E-state index contributed by atoms with van der Waals surface area (Å²) in [5.74, 6) is -0.236. The number of allylic oxidation sites excluding steroid dienone is 1. The molecule has 1 amide bonds. The minimum absolute atomic E-state index is 0.236. The van der Waals surface area contributed by atoms with E-state index in [0.29, 0.717) is 6.42 Å². The second-order valence-corrected chi connectivity index (χ2v) is 20.4. The van der Waals surface area contributed by atoms with Crippen molar-refractivity contribution in [1.29, 1.82) is 0 Å². The van der Waals surface area contributed by atoms with Crippen LogP contribution in [-0.2, 0) is 23.7 Å². The molecule has 9 N–H and O–H groups in total. The fourth-order valence-electron chi connectivity index (χ4n) is 9.59. The molecule has 0 aromatic carbocycles. The second kappa shape index (κ2) is 42.1. The number of ether oxygens (including phenoxy) is 4. The highest BCUT2D eigenvalue weighted by Gasteiger charge is 2.51. The van der Waals surface area contributed by atoms with Gasteiger partial charge in [-0.05, 0) is 19.3 Å². The van der Waals surface area contributed by atoms with Crippen molar-refractivity contribution in [3.63, 3.8) is 0 Å². The number of carbonyl (C=O) groups excluding carboxylic acids is 1. The summed E-state index contributed by atoms with van der Waals surface area (Å²) in [6, 6.07) is -0.908. The van der Waals surface area contributed by atoms with Gasteiger partial charge in [-0.25, -0.2) is 0 Å². The van der Waals surface area contributed by atoms with Crippen LogP contribution in [0, 0.1) is 0 Å². The van der Waals surface area contributed by atoms with Crippen LogP contribution in [0.5, 0.6) is 0 Å². The summed E-state index contributed by atoms with van der Waals surface area (Å²) in [4.78, 5) is 13.2. The van der Waals surface area contributed by atoms with Gasteiger partial charge in [-0.15, -0.1) is 0 Å². The third-order valence-corrected chi connectivity index (χ3v) is 14.2. The molecule has 14 heteroatoms. The number of aliphatic hydroxyl groups excluding tert-OH is 8. The van der Waals surface area contributed by atoms with Crippen molar-refractivity contribution < 1.29 is 64.6 Å². The predicted molar refractivity (Wildman–Crippen MR) is 272 cm³/mol. The Hall–Kier alpha value is -1.27. The van der Waals surface area contributed by atoms with Crippen LogP contribution >= 0.6 is 0 Å². The Morgan fingerprint density at radius 3 is 1.33 bits per heavy atom. The van der Waals surface area contributed by atoms with Gasteiger partial charge < -0.3 is 65.1 Å². The third kappa shape index (κ3) is 28.7. The molecule has 408 valence electrons. The summed E-state index contributed by atoms with van der Waals surface area (Å²) in [7, 11) is 0. The van der Waals surface area contributed by atoms with Gasteiger partial charge >= 0.3 is 0 Å². The molecule has 2 fully saturated rings. The maximum Gasteiger partial charge on any atom is 0.220 e. The van der Waals surface area contributed by atoms with Gasteiger partial charge in [0, 0.05) is 6.42 Å². The Bertz CT molecular complexity index is 1210. The zero-order chi connectivity index (χ0) is 50.3. The highest BCUT2D eigenvalue weighted by atomic mass is 16.7. The van der Waals surface area contributed by atoms with E-state index in [9.17, 15) is 45.6 Å². The highest BCUT2D eigenvalue weighted by molar-refractivity contribution is 5.76. The molecule has 2 saturated heterocycles. The van der Waals surface area contributed by atoms with Crippen molar-refractivity contribution in [3.8, 4) is 0 Å². The number of unbranched alkanes of at least 4 members (excludes halogenated alkanes) is 32. The molecule has 2 aliphatic rings. The molecule has 0 bridgehead atoms. The molecule has 2 aliphatic heterocycles. The first kappa shape index (κ1) is 63.8. The van der Waals surface area contributed by atoms with Crippen molar-refractivity contribution >= 4 is 5.91 Å². The molecule has 14 nitrogen and oxygen atoms in total. The van der Waals surface area contributed by atoms with Crippen LogP contribution in [0.2, 0.25) is 0 Å². The minimum Gasteiger partial charge on any atom is -0.394 e. The fourth-order valence-corrected chi connectivity index (χ4v) is 9.59. The summed E-state index contributed by atoms with van der Waals surface area (Å²) >= 11 is 0. The molecule has 0 spiro atoms. The Balaban J connectivity index is 1.79. The van der Waals surface area contributed by atoms with Crippen molar-refractivity contribution in [3.05, 3.63) is 12.2 Å². The summed E-state index contributed by atoms with van der Waals surface area (Å²) in [5, 5.41) is 87.0. The van der Waals surface area contributed by atoms with Gasteiger partial charge in [0.2, 0.25) is 5.91 Å². The molecule has 0 radical (unpaired) electrons. The number of nitrogens with one attached hydrogen (secondary N) is 1. The number of amides is 1. The summed E-state index contributed by atoms with van der Waals surface area (Å²) < 4.78 is 22.8. The maximum absolute atomic E-state index is 13.2. The van der Waals surface area contributed by atoms with Gasteiger partial charge in [0.1, 0.15) is 48.8 Å². The third-order valence-electron chi connectivity index (χ3n) is 14.2. The maximum atomic E-state index is 13.2. The lowest BCUT2D eigenvalue weighted by Gasteiger charge is -2.46. The van der Waals surface area contributed by atoms with Gasteiger partial charge in [0.25, 0.3) is 0 Å². The predicted octanol–water partition coefficient (Wildman–Crippen LogP) is 8.72. The van der Waals surface area contributed by atoms with Crippen LogP contribution in [0.4, 0.5) is 0 Å². The van der Waals surface area contributed by atoms with Gasteiger partial charge in [0.15, 0.2) is 12.6 Å². The van der Waals surface area contributed by atoms with E-state index in [0.717, 1.165) is 38.5 Å². The van der Waals surface area contributed by atoms with Gasteiger partial charge in [0.05, 0.1) is 32.0 Å². The lowest BCUT2D eigenvalue weighted by molar-refractivity contribution is -0.359. The van der Waals surface area contributed by atoms with E-state index in [1.54, 1.807) is 6.08 Å². The first-order valence-corrected chi connectivity index (χ1v) is 28.4. The van der Waals surface area contributed by atoms with Crippen molar-refractivity contribution in [2.24, 2.45) is 0 Å². The topological polar surface area (TPSA) is 228 Å². The molecule has 69 heavy (non-hydrogen) atoms. The van der Waals surface area contributed by atoms with E-state index in [4.69, 9.17) is 18.9 Å². The first-order chi connectivity index (χ1) is 33.6. The van der Waals surface area contributed by atoms with Crippen LogP contribution in [0.15, 0.2) is 12.2 Å². The summed E-state index contributed by atoms with van der Waals surface area (Å²) in [6.07, 6.45) is 29.6. The molecule has 2 heterocycles. The molecule has 0 aromatic rings. The van der Waals surface area contributed by atoms with Gasteiger partial charge in [-0.2, -0.15) is 0 Å². The zero-order valence-electron chi connectivity index (χ0n) is 43.6. The minimum atomic E-state index is -1.78. The lowest BCUT2D eigenvalue weighted by Crippen LogP contribution is -2.65. The molecule has 0 aliphatic carbocycles. The lowest BCUT2D eigenvalue weighted by atomic mass is 9.97. The summed E-state index contributed by atoms with van der Waals surface area (Å²) in [5.41, 5.74) is 0. The van der Waals surface area contributed by atoms with Crippen LogP contribution in [0.3, 0.4) is 0 Å². The molecule has 2 rings (SSSR count). The standard InChI is InChI=1S/C55H105NO13/c1-3-5-7-9-11-13-15-17-19-20-21-22-23-25-26-28-30-32-34-36-38-44(59)43(56-47(60)39-37-35-33-31-29-27-24-18-16-14-12-10-8-6-4-2)42-66-54-52(65)50(63)53(46(41-58)68-54)69-55-51(64)49(62)48(61)45(40-57)67-55/h36,38,43-46,48-55,57-59,61-65H,3-35,37,39-42H2,1-2H3,(H,56,60)/b38-36+. The largest absolute Gasteiger partial charge is 0.394 e. The van der Waals surface area contributed by atoms with E-state index in [-0.39, 0.29) is 18.9 Å². The number of aliphatic hydroxyl groups is 8. The quantitative estimate of drug-likeness (QED) is 0.0206. The second-order valence-electron chi connectivity index (χ2n) is 20.4. The van der Waals surface area contributed by atoms with Crippen molar-refractivity contribution in [2.45, 2.75) is 312 Å². The normalized spacial score (nSPS) is 26.2. The average Bonchev–Trinajstić information content (AvgIpc) is 3.35. The molecule has 12 unspecified atom stereocenters. The van der Waals surface area contributed by atoms with Crippen molar-refractivity contribution in [2.75, 3.05) is 19.8 Å². The van der Waals surface area contributed by atoms with Crippen LogP contribution < -0.4 is 5.32 Å². The molecule has 0 aromatic heterocycles. The van der Waals surface area contributed by atoms with E-state index >= 15 is 0 Å². The average molecular weight is 988 g/mol. The van der Waals surface area contributed by atoms with Crippen LogP contribution in [0.1, 0.15) is 239 Å². The number of carbonyl (C=O) groups is 1. The number of rotatable bonds is 45. The Labute approximate surface area is 418 Å². The van der Waals surface area contributed by atoms with E-state index in [1.807, 2.05) is 6.08 Å². The molecular formula is C55H105NO13. The number of hydrogen-bond donors (Lipinski definition) is 9. The molecule has 12 atom stereocenters. The Morgan fingerprint density at radius 2 is 0.899 bits per heavy atom. The molecule has 0 saturated carbocycles. The van der Waals surface area contributed by atoms with Crippen LogP contribution in [-0.4, -0.2) is 140 Å². The summed E-state index contributed by atoms with van der Waals surface area (Å²) in [6.45, 7) is 2.82. The Kier molecular flexibility index (Phi) is 39.0. The first-order valence-electron chi connectivity index (χ1n) is 28.4. The molecular weight excluding hydrogens is 883 g/mol. The SMILES string of the molecule is CCCCCCCCCCCCCCCCCCCC/C=C/C(O)C(COC1OC(CO)C(OC2OC(CO)C(O)C(O)C2O)C(O)C1O)NC(=O)CCCCCCCCCCCCCCCCC. The fraction of sp³-hybridized carbons (Fsp3) is 0.945. The van der Waals surface area contributed by atoms with Crippen LogP contribution in [0.25, 0.3) is 0 Å². The number of hydrogen-bond acceptors (Lipinski definition) is 13. The van der Waals surface area contributed by atoms with Gasteiger partial charge in [-0.3, -0.25) is 4.79 Å². The smallest absolute Gasteiger partial charge is 0.220 e. The van der Waals surface area contributed by atoms with Gasteiger partial charge in [-0.1, -0.05) is 225 Å². The monoisotopic (exact) mass is 988 g/mol. The zero-order valence-corrected chi connectivity index (χ0v) is 43.6.